The summed E-state index contributed by atoms with van der Waals surface area (Å²) >= 11 is 0. The number of nitrogens with one attached hydrogen (secondary N) is 3. The monoisotopic (exact) mass is 716 g/mol. The number of sulfonamides is 1. The van der Waals surface area contributed by atoms with Crippen molar-refractivity contribution < 1.29 is 32.1 Å². The van der Waals surface area contributed by atoms with Gasteiger partial charge in [0.25, 0.3) is 0 Å². The smallest absolute Gasteiger partial charge is 0.323 e. The van der Waals surface area contributed by atoms with Crippen LogP contribution >= 0.6 is 7.37 Å². The molecule has 1 heterocycles. The van der Waals surface area contributed by atoms with Crippen LogP contribution in [0.1, 0.15) is 43.2 Å². The van der Waals surface area contributed by atoms with Gasteiger partial charge in [0.1, 0.15) is 11.5 Å². The first-order valence-electron chi connectivity index (χ1n) is 15.7. The number of benzene rings is 4. The van der Waals surface area contributed by atoms with Crippen molar-refractivity contribution in [3.8, 4) is 17.2 Å². The number of carbonyl (C=O) groups is 1. The first-order chi connectivity index (χ1) is 23.4. The average Bonchev–Trinajstić information content (AvgIpc) is 3.00. The molecule has 1 unspecified atom stereocenters. The van der Waals surface area contributed by atoms with Crippen LogP contribution in [-0.4, -0.2) is 44.4 Å². The fraction of sp³-hybridized carbons (Fsp3) is 0.243. The van der Waals surface area contributed by atoms with Crippen molar-refractivity contribution in [2.75, 3.05) is 35.4 Å². The van der Waals surface area contributed by atoms with Crippen molar-refractivity contribution in [2.24, 2.45) is 0 Å². The largest absolute Gasteiger partial charge is 0.492 e. The molecule has 0 aliphatic carbocycles. The molecular formula is C37H41N4O7PS. The molecule has 0 fully saturated rings. The number of methoxy groups -OCH3 is 1. The maximum atomic E-state index is 13.4. The molecule has 4 aromatic carbocycles. The summed E-state index contributed by atoms with van der Waals surface area (Å²) in [7, 11) is -5.59. The Kier molecular flexibility index (Phi) is 10.3. The second-order valence-electron chi connectivity index (χ2n) is 13.2. The Balaban J connectivity index is 1.38. The zero-order chi connectivity index (χ0) is 36.4. The highest BCUT2D eigenvalue weighted by Gasteiger charge is 2.23. The minimum Gasteiger partial charge on any atom is -0.492 e. The summed E-state index contributed by atoms with van der Waals surface area (Å²) in [6, 6.07) is 23.0. The predicted molar refractivity (Wildman–Crippen MR) is 200 cm³/mol. The van der Waals surface area contributed by atoms with E-state index in [4.69, 9.17) is 9.47 Å². The highest BCUT2D eigenvalue weighted by molar-refractivity contribution is 7.92. The van der Waals surface area contributed by atoms with Gasteiger partial charge >= 0.3 is 6.03 Å². The van der Waals surface area contributed by atoms with Gasteiger partial charge < -0.3 is 25.0 Å². The van der Waals surface area contributed by atoms with E-state index in [0.29, 0.717) is 34.6 Å². The van der Waals surface area contributed by atoms with Gasteiger partial charge in [-0.1, -0.05) is 57.2 Å². The fourth-order valence-electron chi connectivity index (χ4n) is 5.64. The lowest BCUT2D eigenvalue weighted by atomic mass is 9.86. The van der Waals surface area contributed by atoms with Crippen LogP contribution < -0.4 is 30.1 Å². The lowest BCUT2D eigenvalue weighted by molar-refractivity contribution is 0.262. The molecule has 0 aliphatic rings. The number of carbonyl (C=O) groups excluding carboxylic acids is 1. The summed E-state index contributed by atoms with van der Waals surface area (Å²) < 4.78 is 50.8. The van der Waals surface area contributed by atoms with Crippen LogP contribution in [0.5, 0.6) is 17.2 Å². The molecule has 4 N–H and O–H groups in total. The minimum absolute atomic E-state index is 0.174. The molecule has 11 nitrogen and oxygen atoms in total. The quantitative estimate of drug-likeness (QED) is 0.107. The van der Waals surface area contributed by atoms with Crippen molar-refractivity contribution in [3.63, 3.8) is 0 Å². The molecule has 262 valence electrons. The number of hydrogen-bond donors (Lipinski definition) is 4. The molecule has 0 spiro atoms. The van der Waals surface area contributed by atoms with Crippen molar-refractivity contribution in [3.05, 3.63) is 107 Å². The Bertz CT molecular complexity index is 2250. The molecule has 0 saturated heterocycles. The van der Waals surface area contributed by atoms with E-state index in [-0.39, 0.29) is 16.9 Å². The second kappa shape index (κ2) is 14.1. The summed E-state index contributed by atoms with van der Waals surface area (Å²) in [5.74, 6) is 1.32. The standard InChI is InChI=1S/C37H41N4O7PS/c1-23-18-24(12-15-34(23)49(6,43)44)19-26-22-27(16-17-38-26)48-33-14-13-30(28-10-8-9-11-29(28)33)39-36(42)40-31-20-25(37(2,3)4)21-32(35(31)47-5)41-50(7,45)46/h8-18,20-22,41H,19H2,1-7H3,(H,43,44)(H2,39,40,42). The molecule has 5 aromatic rings. The first-order valence-corrected chi connectivity index (χ1v) is 19.7. The normalized spacial score (nSPS) is 13.0. The molecule has 2 amide bonds. The number of amides is 2. The average molecular weight is 717 g/mol. The number of aryl methyl sites for hydroxylation is 1. The summed E-state index contributed by atoms with van der Waals surface area (Å²) in [6.45, 7) is 9.10. The van der Waals surface area contributed by atoms with Gasteiger partial charge in [0.15, 0.2) is 5.75 Å². The summed E-state index contributed by atoms with van der Waals surface area (Å²) in [5, 5.41) is 7.68. The molecular weight excluding hydrogens is 675 g/mol. The third-order valence-corrected chi connectivity index (χ3v) is 9.93. The van der Waals surface area contributed by atoms with E-state index in [1.54, 1.807) is 42.6 Å². The Morgan fingerprint density at radius 2 is 1.60 bits per heavy atom. The summed E-state index contributed by atoms with van der Waals surface area (Å²) in [5.41, 5.74) is 3.93. The highest BCUT2D eigenvalue weighted by Crippen LogP contribution is 2.40. The van der Waals surface area contributed by atoms with Crippen molar-refractivity contribution in [1.29, 1.82) is 0 Å². The van der Waals surface area contributed by atoms with Crippen LogP contribution in [0.2, 0.25) is 0 Å². The number of urea groups is 1. The van der Waals surface area contributed by atoms with Gasteiger partial charge in [0.2, 0.25) is 17.4 Å². The van der Waals surface area contributed by atoms with Crippen LogP contribution in [0.4, 0.5) is 21.9 Å². The number of anilines is 3. The maximum Gasteiger partial charge on any atom is 0.323 e. The molecule has 0 bridgehead atoms. The van der Waals surface area contributed by atoms with Crippen LogP contribution in [0, 0.1) is 6.92 Å². The van der Waals surface area contributed by atoms with E-state index < -0.39 is 23.4 Å². The third-order valence-electron chi connectivity index (χ3n) is 7.94. The summed E-state index contributed by atoms with van der Waals surface area (Å²) in [6.07, 6.45) is 3.22. The van der Waals surface area contributed by atoms with Crippen LogP contribution in [0.3, 0.4) is 0 Å². The SMILES string of the molecule is COc1c(NC(=O)Nc2ccc(Oc3ccnc(Cc4ccc(P(C)(=O)O)c(C)c4)c3)c3ccccc23)cc(C(C)(C)C)cc1NS(C)(=O)=O. The lowest BCUT2D eigenvalue weighted by Gasteiger charge is -2.24. The number of ether oxygens (including phenoxy) is 2. The van der Waals surface area contributed by atoms with Crippen molar-refractivity contribution in [2.45, 2.75) is 39.5 Å². The topological polar surface area (TPSA) is 156 Å². The van der Waals surface area contributed by atoms with Gasteiger partial charge in [-0.2, -0.15) is 0 Å². The highest BCUT2D eigenvalue weighted by atomic mass is 32.2. The van der Waals surface area contributed by atoms with Crippen molar-refractivity contribution in [1.82, 2.24) is 4.98 Å². The molecule has 0 saturated carbocycles. The number of pyridine rings is 1. The van der Waals surface area contributed by atoms with Gasteiger partial charge in [-0.25, -0.2) is 13.2 Å². The van der Waals surface area contributed by atoms with E-state index >= 15 is 0 Å². The van der Waals surface area contributed by atoms with Crippen LogP contribution in [-0.2, 0) is 26.4 Å². The molecule has 0 radical (unpaired) electrons. The van der Waals surface area contributed by atoms with Crippen molar-refractivity contribution >= 4 is 56.6 Å². The molecule has 50 heavy (non-hydrogen) atoms. The molecule has 1 atom stereocenters. The lowest BCUT2D eigenvalue weighted by Crippen LogP contribution is -2.22. The fourth-order valence-corrected chi connectivity index (χ4v) is 7.26. The number of hydrogen-bond acceptors (Lipinski definition) is 7. The van der Waals surface area contributed by atoms with Gasteiger partial charge in [-0.05, 0) is 65.4 Å². The Morgan fingerprint density at radius 1 is 0.920 bits per heavy atom. The zero-order valence-corrected chi connectivity index (χ0v) is 30.7. The number of fused-ring (bicyclic) bond motifs is 1. The predicted octanol–water partition coefficient (Wildman–Crippen LogP) is 7.77. The third kappa shape index (κ3) is 8.81. The Hall–Kier alpha value is -4.90. The van der Waals surface area contributed by atoms with E-state index in [0.717, 1.165) is 39.4 Å². The van der Waals surface area contributed by atoms with Gasteiger partial charge in [0.05, 0.1) is 30.4 Å². The van der Waals surface area contributed by atoms with Gasteiger partial charge in [-0.3, -0.25) is 14.3 Å². The Morgan fingerprint density at radius 3 is 2.24 bits per heavy atom. The second-order valence-corrected chi connectivity index (χ2v) is 17.2. The molecule has 13 heteroatoms. The Labute approximate surface area is 292 Å². The zero-order valence-electron chi connectivity index (χ0n) is 29.0. The van der Waals surface area contributed by atoms with E-state index in [9.17, 15) is 22.7 Å². The maximum absolute atomic E-state index is 13.4. The first kappa shape index (κ1) is 36.4. The van der Waals surface area contributed by atoms with Crippen LogP contribution in [0.25, 0.3) is 10.8 Å². The van der Waals surface area contributed by atoms with Gasteiger partial charge in [-0.15, -0.1) is 0 Å². The van der Waals surface area contributed by atoms with E-state index in [1.165, 1.54) is 13.8 Å². The molecule has 5 rings (SSSR count). The minimum atomic E-state index is -3.63. The number of nitrogens with zero attached hydrogens (tertiary/aromatic N) is 1. The van der Waals surface area contributed by atoms with E-state index in [1.807, 2.05) is 70.2 Å². The summed E-state index contributed by atoms with van der Waals surface area (Å²) in [4.78, 5) is 27.9. The number of rotatable bonds is 10. The van der Waals surface area contributed by atoms with Crippen LogP contribution in [0.15, 0.2) is 85.1 Å². The van der Waals surface area contributed by atoms with Gasteiger partial charge in [0, 0.05) is 47.1 Å². The molecule has 1 aromatic heterocycles. The number of aromatic nitrogens is 1. The molecule has 0 aliphatic heterocycles. The van der Waals surface area contributed by atoms with E-state index in [2.05, 4.69) is 20.3 Å².